The largest absolute Gasteiger partial charge is 0.235 e. The van der Waals surface area contributed by atoms with Crippen molar-refractivity contribution in [2.45, 2.75) is 38.3 Å². The lowest BCUT2D eigenvalue weighted by Gasteiger charge is -2.19. The van der Waals surface area contributed by atoms with E-state index in [1.165, 1.54) is 32.1 Å². The molecule has 1 heterocycles. The smallest absolute Gasteiger partial charge is 0.0888 e. The van der Waals surface area contributed by atoms with Gasteiger partial charge in [0.05, 0.1) is 6.17 Å². The van der Waals surface area contributed by atoms with Crippen molar-refractivity contribution in [1.29, 1.82) is 0 Å². The molecule has 0 aromatic rings. The molecule has 1 saturated carbocycles. The molecule has 2 nitrogen and oxygen atoms in total. The van der Waals surface area contributed by atoms with Gasteiger partial charge >= 0.3 is 0 Å². The van der Waals surface area contributed by atoms with Crippen molar-refractivity contribution in [1.82, 2.24) is 10.4 Å². The summed E-state index contributed by atoms with van der Waals surface area (Å²) >= 11 is 0. The Morgan fingerprint density at radius 3 is 2.30 bits per heavy atom. The van der Waals surface area contributed by atoms with Crippen molar-refractivity contribution in [3.8, 4) is 0 Å². The summed E-state index contributed by atoms with van der Waals surface area (Å²) in [5.74, 6) is 0.957. The summed E-state index contributed by atoms with van der Waals surface area (Å²) in [5.41, 5.74) is 3.33. The fourth-order valence-corrected chi connectivity index (χ4v) is 2.05. The van der Waals surface area contributed by atoms with E-state index >= 15 is 0 Å². The van der Waals surface area contributed by atoms with E-state index in [1.807, 2.05) is 0 Å². The fraction of sp³-hybridized carbons (Fsp3) is 1.00. The molecule has 0 aromatic heterocycles. The molecule has 1 saturated heterocycles. The lowest BCUT2D eigenvalue weighted by atomic mass is 9.88. The van der Waals surface area contributed by atoms with Crippen LogP contribution in [0, 0.1) is 5.92 Å². The highest BCUT2D eigenvalue weighted by Gasteiger charge is 2.36. The highest BCUT2D eigenvalue weighted by atomic mass is 15.7. The van der Waals surface area contributed by atoms with E-state index in [-0.39, 0.29) is 0 Å². The predicted octanol–water partition coefficient (Wildman–Crippen LogP) is 1.34. The first-order chi connectivity index (χ1) is 4.88. The Morgan fingerprint density at radius 2 is 1.80 bits per heavy atom. The van der Waals surface area contributed by atoms with Crippen LogP contribution < -0.4 is 5.43 Å². The first-order valence-corrected chi connectivity index (χ1v) is 4.37. The summed E-state index contributed by atoms with van der Waals surface area (Å²) in [4.78, 5) is 0. The minimum Gasteiger partial charge on any atom is -0.235 e. The van der Waals surface area contributed by atoms with E-state index < -0.39 is 0 Å². The van der Waals surface area contributed by atoms with Crippen molar-refractivity contribution in [2.24, 2.45) is 5.92 Å². The number of hydrazine groups is 1. The molecule has 0 bridgehead atoms. The average molecular weight is 140 g/mol. The Labute approximate surface area is 62.6 Å². The molecule has 2 rings (SSSR count). The van der Waals surface area contributed by atoms with Gasteiger partial charge < -0.3 is 0 Å². The quantitative estimate of drug-likeness (QED) is 0.556. The summed E-state index contributed by atoms with van der Waals surface area (Å²) in [5, 5.41) is 2.23. The third kappa shape index (κ3) is 1.18. The van der Waals surface area contributed by atoms with Gasteiger partial charge in [0, 0.05) is 7.05 Å². The molecule has 0 amide bonds. The molecular weight excluding hydrogens is 124 g/mol. The van der Waals surface area contributed by atoms with E-state index in [4.69, 9.17) is 0 Å². The van der Waals surface area contributed by atoms with Crippen LogP contribution >= 0.6 is 0 Å². The second kappa shape index (κ2) is 2.51. The van der Waals surface area contributed by atoms with E-state index in [0.717, 1.165) is 12.1 Å². The molecule has 2 heteroatoms. The molecule has 0 spiro atoms. The van der Waals surface area contributed by atoms with Crippen LogP contribution in [0.4, 0.5) is 0 Å². The average Bonchev–Trinajstić information content (AvgIpc) is 2.69. The number of hydrogen-bond donors (Lipinski definition) is 1. The third-order valence-electron chi connectivity index (χ3n) is 2.78. The zero-order valence-corrected chi connectivity index (χ0v) is 6.64. The first-order valence-electron chi connectivity index (χ1n) is 4.37. The zero-order valence-electron chi connectivity index (χ0n) is 6.64. The Balaban J connectivity index is 1.81. The molecule has 0 radical (unpaired) electrons. The van der Waals surface area contributed by atoms with Crippen LogP contribution in [0.25, 0.3) is 0 Å². The van der Waals surface area contributed by atoms with Crippen molar-refractivity contribution in [3.63, 3.8) is 0 Å². The van der Waals surface area contributed by atoms with E-state index in [1.54, 1.807) is 0 Å². The summed E-state index contributed by atoms with van der Waals surface area (Å²) < 4.78 is 0. The molecule has 1 aliphatic carbocycles. The Kier molecular flexibility index (Phi) is 1.66. The molecule has 1 unspecified atom stereocenters. The predicted molar refractivity (Wildman–Crippen MR) is 41.3 cm³/mol. The van der Waals surface area contributed by atoms with Crippen LogP contribution in [0.2, 0.25) is 0 Å². The molecule has 2 atom stereocenters. The van der Waals surface area contributed by atoms with Gasteiger partial charge in [0.25, 0.3) is 0 Å². The van der Waals surface area contributed by atoms with Gasteiger partial charge in [-0.05, 0) is 18.8 Å². The molecule has 2 fully saturated rings. The second-order valence-corrected chi connectivity index (χ2v) is 3.58. The van der Waals surface area contributed by atoms with Gasteiger partial charge in [-0.3, -0.25) is 0 Å². The number of rotatable bonds is 1. The zero-order chi connectivity index (χ0) is 6.97. The second-order valence-electron chi connectivity index (χ2n) is 3.58. The Bertz CT molecular complexity index is 118. The molecule has 1 aliphatic heterocycles. The van der Waals surface area contributed by atoms with E-state index in [9.17, 15) is 0 Å². The maximum absolute atomic E-state index is 3.33. The lowest BCUT2D eigenvalue weighted by molar-refractivity contribution is 0.324. The summed E-state index contributed by atoms with van der Waals surface area (Å²) in [6.45, 7) is 0. The first kappa shape index (κ1) is 6.62. The number of hydrogen-bond acceptors (Lipinski definition) is 2. The molecule has 1 N–H and O–H groups in total. The minimum absolute atomic E-state index is 0.736. The van der Waals surface area contributed by atoms with Crippen LogP contribution in [0.15, 0.2) is 0 Å². The van der Waals surface area contributed by atoms with Gasteiger partial charge in [-0.1, -0.05) is 19.3 Å². The number of nitrogens with zero attached hydrogens (tertiary/aromatic N) is 1. The van der Waals surface area contributed by atoms with Crippen molar-refractivity contribution < 1.29 is 0 Å². The van der Waals surface area contributed by atoms with E-state index in [2.05, 4.69) is 17.5 Å². The normalized spacial score (nSPS) is 41.7. The number of nitrogens with one attached hydrogen (secondary N) is 1. The molecule has 58 valence electrons. The minimum atomic E-state index is 0.736. The van der Waals surface area contributed by atoms with Gasteiger partial charge in [-0.25, -0.2) is 10.4 Å². The van der Waals surface area contributed by atoms with Crippen LogP contribution in [0.1, 0.15) is 32.1 Å². The molecular formula is C8H16N2. The SMILES string of the molecule is CN1N[C@H]1C1CCCCC1. The molecule has 10 heavy (non-hydrogen) atoms. The van der Waals surface area contributed by atoms with Crippen molar-refractivity contribution in [3.05, 3.63) is 0 Å². The summed E-state index contributed by atoms with van der Waals surface area (Å²) in [6, 6.07) is 0. The van der Waals surface area contributed by atoms with Crippen molar-refractivity contribution in [2.75, 3.05) is 7.05 Å². The van der Waals surface area contributed by atoms with E-state index in [0.29, 0.717) is 0 Å². The maximum Gasteiger partial charge on any atom is 0.0888 e. The Hall–Kier alpha value is -0.0800. The third-order valence-corrected chi connectivity index (χ3v) is 2.78. The monoisotopic (exact) mass is 140 g/mol. The van der Waals surface area contributed by atoms with Crippen LogP contribution in [-0.2, 0) is 0 Å². The standard InChI is InChI=1S/C8H16N2/c1-10-8(9-10)7-5-3-2-4-6-7/h7-9H,2-6H2,1H3/t8-,10?/m1/s1. The van der Waals surface area contributed by atoms with Gasteiger partial charge in [0.15, 0.2) is 0 Å². The summed E-state index contributed by atoms with van der Waals surface area (Å²) in [7, 11) is 2.14. The molecule has 0 aromatic carbocycles. The molecule has 2 aliphatic rings. The van der Waals surface area contributed by atoms with Crippen LogP contribution in [-0.4, -0.2) is 18.2 Å². The Morgan fingerprint density at radius 1 is 1.20 bits per heavy atom. The van der Waals surface area contributed by atoms with Gasteiger partial charge in [0.1, 0.15) is 0 Å². The topological polar surface area (TPSA) is 25.0 Å². The van der Waals surface area contributed by atoms with Crippen LogP contribution in [0.5, 0.6) is 0 Å². The summed E-state index contributed by atoms with van der Waals surface area (Å²) in [6.07, 6.45) is 8.00. The highest BCUT2D eigenvalue weighted by Crippen LogP contribution is 2.31. The van der Waals surface area contributed by atoms with Gasteiger partial charge in [0.2, 0.25) is 0 Å². The van der Waals surface area contributed by atoms with Crippen molar-refractivity contribution >= 4 is 0 Å². The van der Waals surface area contributed by atoms with Gasteiger partial charge in [-0.2, -0.15) is 0 Å². The highest BCUT2D eigenvalue weighted by molar-refractivity contribution is 4.84. The van der Waals surface area contributed by atoms with Gasteiger partial charge in [-0.15, -0.1) is 0 Å². The lowest BCUT2D eigenvalue weighted by Crippen LogP contribution is -2.15. The maximum atomic E-state index is 3.33. The fourth-order valence-electron chi connectivity index (χ4n) is 2.05. The van der Waals surface area contributed by atoms with Crippen LogP contribution in [0.3, 0.4) is 0 Å².